The van der Waals surface area contributed by atoms with Crippen molar-refractivity contribution in [2.24, 2.45) is 0 Å². The molecule has 0 atom stereocenters. The van der Waals surface area contributed by atoms with Crippen molar-refractivity contribution in [1.29, 1.82) is 0 Å². The highest BCUT2D eigenvalue weighted by Gasteiger charge is 2.33. The van der Waals surface area contributed by atoms with Crippen LogP contribution >= 0.6 is 0 Å². The number of ketones is 1. The summed E-state index contributed by atoms with van der Waals surface area (Å²) in [4.78, 5) is 23.9. The lowest BCUT2D eigenvalue weighted by Gasteiger charge is -2.22. The lowest BCUT2D eigenvalue weighted by molar-refractivity contribution is 0.0562. The van der Waals surface area contributed by atoms with E-state index in [4.69, 9.17) is 4.42 Å². The van der Waals surface area contributed by atoms with E-state index in [0.717, 1.165) is 5.56 Å². The molecule has 0 fully saturated rings. The summed E-state index contributed by atoms with van der Waals surface area (Å²) in [6, 6.07) is 12.4. The van der Waals surface area contributed by atoms with Crippen molar-refractivity contribution in [1.82, 2.24) is 0 Å². The first-order valence-corrected chi connectivity index (χ1v) is 6.25. The van der Waals surface area contributed by atoms with Gasteiger partial charge in [-0.3, -0.25) is 4.79 Å². The lowest BCUT2D eigenvalue weighted by Crippen LogP contribution is -2.28. The maximum Gasteiger partial charge on any atom is 0.373 e. The largest absolute Gasteiger partial charge is 0.463 e. The first-order valence-electron chi connectivity index (χ1n) is 6.25. The number of Topliss-reactive ketones (excluding diaryl/α,β-unsaturated/α-hetero) is 1. The van der Waals surface area contributed by atoms with Gasteiger partial charge in [-0.25, -0.2) is 4.79 Å². The van der Waals surface area contributed by atoms with Crippen LogP contribution in [0, 0.1) is 0 Å². The van der Waals surface area contributed by atoms with Gasteiger partial charge in [-0.1, -0.05) is 30.3 Å². The summed E-state index contributed by atoms with van der Waals surface area (Å²) in [5, 5.41) is 0. The van der Waals surface area contributed by atoms with Gasteiger partial charge in [0.1, 0.15) is 0 Å². The van der Waals surface area contributed by atoms with Crippen LogP contribution in [0.15, 0.2) is 46.9 Å². The second kappa shape index (κ2) is 5.33. The minimum Gasteiger partial charge on any atom is -0.463 e. The maximum absolute atomic E-state index is 12.5. The van der Waals surface area contributed by atoms with E-state index < -0.39 is 11.4 Å². The zero-order chi connectivity index (χ0) is 14.8. The molecule has 0 saturated carbocycles. The summed E-state index contributed by atoms with van der Waals surface area (Å²) >= 11 is 0. The number of rotatable bonds is 4. The standard InChI is InChI=1S/C16H16O4/c1-16(2,11-7-5-4-6-8-11)14(17)12-9-10-13(20-12)15(18)19-3/h4-10H,1-3H3. The summed E-state index contributed by atoms with van der Waals surface area (Å²) in [5.41, 5.74) is 0.160. The predicted octanol–water partition coefficient (Wildman–Crippen LogP) is 3.23. The van der Waals surface area contributed by atoms with Crippen molar-refractivity contribution < 1.29 is 18.7 Å². The van der Waals surface area contributed by atoms with E-state index in [1.165, 1.54) is 19.2 Å². The van der Waals surface area contributed by atoms with Gasteiger partial charge in [0, 0.05) is 0 Å². The molecule has 0 spiro atoms. The van der Waals surface area contributed by atoms with Gasteiger partial charge in [0.05, 0.1) is 12.5 Å². The molecule has 1 aromatic heterocycles. The van der Waals surface area contributed by atoms with E-state index in [2.05, 4.69) is 4.74 Å². The van der Waals surface area contributed by atoms with Crippen molar-refractivity contribution in [3.8, 4) is 0 Å². The zero-order valence-corrected chi connectivity index (χ0v) is 11.7. The molecular weight excluding hydrogens is 256 g/mol. The van der Waals surface area contributed by atoms with Crippen molar-refractivity contribution in [2.45, 2.75) is 19.3 Å². The molecule has 0 saturated heterocycles. The molecule has 4 nitrogen and oxygen atoms in total. The Bertz CT molecular complexity index is 623. The topological polar surface area (TPSA) is 56.5 Å². The molecule has 1 aromatic carbocycles. The molecule has 0 N–H and O–H groups in total. The number of esters is 1. The minimum absolute atomic E-state index is 0.0275. The number of benzene rings is 1. The Morgan fingerprint density at radius 2 is 1.60 bits per heavy atom. The highest BCUT2D eigenvalue weighted by Crippen LogP contribution is 2.28. The third-order valence-corrected chi connectivity index (χ3v) is 3.28. The molecule has 4 heteroatoms. The van der Waals surface area contributed by atoms with Crippen LogP contribution in [-0.2, 0) is 10.2 Å². The summed E-state index contributed by atoms with van der Waals surface area (Å²) in [6.45, 7) is 3.65. The van der Waals surface area contributed by atoms with Gasteiger partial charge in [-0.2, -0.15) is 0 Å². The highest BCUT2D eigenvalue weighted by atomic mass is 16.5. The lowest BCUT2D eigenvalue weighted by atomic mass is 9.80. The number of hydrogen-bond acceptors (Lipinski definition) is 4. The van der Waals surface area contributed by atoms with Crippen molar-refractivity contribution in [3.63, 3.8) is 0 Å². The van der Waals surface area contributed by atoms with Crippen LogP contribution in [0.2, 0.25) is 0 Å². The number of carbonyl (C=O) groups is 2. The van der Waals surface area contributed by atoms with Crippen LogP contribution in [0.3, 0.4) is 0 Å². The molecule has 0 amide bonds. The summed E-state index contributed by atoms with van der Waals surface area (Å²) < 4.78 is 9.84. The Labute approximate surface area is 117 Å². The first kappa shape index (κ1) is 14.1. The molecule has 2 aromatic rings. The third kappa shape index (κ3) is 2.50. The second-order valence-corrected chi connectivity index (χ2v) is 4.98. The number of methoxy groups -OCH3 is 1. The van der Waals surface area contributed by atoms with Gasteiger partial charge >= 0.3 is 5.97 Å². The molecule has 0 aliphatic heterocycles. The van der Waals surface area contributed by atoms with Crippen LogP contribution in [0.5, 0.6) is 0 Å². The fourth-order valence-corrected chi connectivity index (χ4v) is 1.96. The molecule has 1 heterocycles. The Morgan fingerprint density at radius 1 is 1.00 bits per heavy atom. The molecule has 0 aliphatic rings. The van der Waals surface area contributed by atoms with E-state index in [0.29, 0.717) is 0 Å². The molecule has 20 heavy (non-hydrogen) atoms. The van der Waals surface area contributed by atoms with E-state index in [9.17, 15) is 9.59 Å². The van der Waals surface area contributed by atoms with E-state index in [-0.39, 0.29) is 17.3 Å². The van der Waals surface area contributed by atoms with E-state index in [1.807, 2.05) is 44.2 Å². The average Bonchev–Trinajstić information content (AvgIpc) is 2.96. The summed E-state index contributed by atoms with van der Waals surface area (Å²) in [6.07, 6.45) is 0. The Balaban J connectivity index is 2.31. The van der Waals surface area contributed by atoms with Crippen molar-refractivity contribution in [3.05, 3.63) is 59.5 Å². The number of furan rings is 1. The van der Waals surface area contributed by atoms with Gasteiger partial charge < -0.3 is 9.15 Å². The smallest absolute Gasteiger partial charge is 0.373 e. The van der Waals surface area contributed by atoms with Gasteiger partial charge in [0.25, 0.3) is 0 Å². The Hall–Kier alpha value is -2.36. The quantitative estimate of drug-likeness (QED) is 0.633. The average molecular weight is 272 g/mol. The van der Waals surface area contributed by atoms with Crippen LogP contribution in [0.4, 0.5) is 0 Å². The Morgan fingerprint density at radius 3 is 2.20 bits per heavy atom. The predicted molar refractivity (Wildman–Crippen MR) is 73.8 cm³/mol. The summed E-state index contributed by atoms with van der Waals surface area (Å²) in [5.74, 6) is -0.598. The number of carbonyl (C=O) groups excluding carboxylic acids is 2. The van der Waals surface area contributed by atoms with E-state index in [1.54, 1.807) is 0 Å². The van der Waals surface area contributed by atoms with Gasteiger partial charge in [-0.15, -0.1) is 0 Å². The van der Waals surface area contributed by atoms with Gasteiger partial charge in [0.2, 0.25) is 11.5 Å². The molecule has 2 rings (SSSR count). The normalized spacial score (nSPS) is 11.2. The summed E-state index contributed by atoms with van der Waals surface area (Å²) in [7, 11) is 1.26. The highest BCUT2D eigenvalue weighted by molar-refractivity contribution is 6.02. The van der Waals surface area contributed by atoms with Crippen LogP contribution < -0.4 is 0 Å². The van der Waals surface area contributed by atoms with Crippen LogP contribution in [-0.4, -0.2) is 18.9 Å². The molecule has 0 bridgehead atoms. The SMILES string of the molecule is COC(=O)c1ccc(C(=O)C(C)(C)c2ccccc2)o1. The molecule has 104 valence electrons. The number of hydrogen-bond donors (Lipinski definition) is 0. The molecule has 0 radical (unpaired) electrons. The van der Waals surface area contributed by atoms with Gasteiger partial charge in [0.15, 0.2) is 5.76 Å². The third-order valence-electron chi connectivity index (χ3n) is 3.28. The molecular formula is C16H16O4. The minimum atomic E-state index is -0.730. The monoisotopic (exact) mass is 272 g/mol. The molecule has 0 aliphatic carbocycles. The van der Waals surface area contributed by atoms with Crippen molar-refractivity contribution in [2.75, 3.05) is 7.11 Å². The second-order valence-electron chi connectivity index (χ2n) is 4.98. The van der Waals surface area contributed by atoms with Crippen LogP contribution in [0.25, 0.3) is 0 Å². The fraction of sp³-hybridized carbons (Fsp3) is 0.250. The maximum atomic E-state index is 12.5. The number of ether oxygens (including phenoxy) is 1. The fourth-order valence-electron chi connectivity index (χ4n) is 1.96. The van der Waals surface area contributed by atoms with Crippen molar-refractivity contribution >= 4 is 11.8 Å². The first-order chi connectivity index (χ1) is 9.46. The Kier molecular flexibility index (Phi) is 3.74. The zero-order valence-electron chi connectivity index (χ0n) is 11.7. The van der Waals surface area contributed by atoms with Gasteiger partial charge in [-0.05, 0) is 31.5 Å². The molecule has 0 unspecified atom stereocenters. The van der Waals surface area contributed by atoms with Crippen LogP contribution in [0.1, 0.15) is 40.5 Å². The van der Waals surface area contributed by atoms with E-state index >= 15 is 0 Å².